The van der Waals surface area contributed by atoms with Gasteiger partial charge < -0.3 is 4.74 Å². The molecule has 0 spiro atoms. The number of carbonyl (C=O) groups excluding carboxylic acids is 1. The number of aryl methyl sites for hydroxylation is 1. The van der Waals surface area contributed by atoms with Gasteiger partial charge in [0.05, 0.1) is 12.0 Å². The number of nitrogens with zero attached hydrogens (tertiary/aromatic N) is 1. The summed E-state index contributed by atoms with van der Waals surface area (Å²) in [6.07, 6.45) is 5.82. The second kappa shape index (κ2) is 9.47. The van der Waals surface area contributed by atoms with Crippen LogP contribution in [0, 0.1) is 5.41 Å². The minimum Gasteiger partial charge on any atom is -0.466 e. The van der Waals surface area contributed by atoms with E-state index in [0.717, 1.165) is 44.5 Å². The third-order valence-corrected chi connectivity index (χ3v) is 6.05. The third-order valence-electron chi connectivity index (χ3n) is 5.23. The molecule has 1 aliphatic rings. The van der Waals surface area contributed by atoms with E-state index < -0.39 is 0 Å². The summed E-state index contributed by atoms with van der Waals surface area (Å²) in [4.78, 5) is 15.2. The molecule has 1 fully saturated rings. The zero-order valence-electron chi connectivity index (χ0n) is 15.3. The molecule has 0 aromatic heterocycles. The Balaban J connectivity index is 2.02. The number of likely N-dealkylation sites (tertiary alicyclic amines) is 1. The van der Waals surface area contributed by atoms with Gasteiger partial charge in [0.15, 0.2) is 0 Å². The normalized spacial score (nSPS) is 19.0. The second-order valence-corrected chi connectivity index (χ2v) is 7.74. The van der Waals surface area contributed by atoms with E-state index in [2.05, 4.69) is 42.3 Å². The van der Waals surface area contributed by atoms with Gasteiger partial charge in [0.2, 0.25) is 0 Å². The molecule has 1 aromatic carbocycles. The average molecular weight is 350 g/mol. The maximum atomic E-state index is 12.7. The van der Waals surface area contributed by atoms with Crippen molar-refractivity contribution >= 4 is 17.7 Å². The number of hydrogen-bond acceptors (Lipinski definition) is 4. The number of piperidine rings is 1. The zero-order valence-corrected chi connectivity index (χ0v) is 16.1. The molecule has 0 saturated carbocycles. The van der Waals surface area contributed by atoms with Crippen LogP contribution >= 0.6 is 11.8 Å². The summed E-state index contributed by atoms with van der Waals surface area (Å²) in [6.45, 7) is 6.65. The van der Waals surface area contributed by atoms with Crippen LogP contribution in [0.4, 0.5) is 0 Å². The van der Waals surface area contributed by atoms with Crippen molar-refractivity contribution in [1.29, 1.82) is 0 Å². The molecule has 0 unspecified atom stereocenters. The first-order valence-electron chi connectivity index (χ1n) is 9.05. The Morgan fingerprint density at radius 3 is 2.54 bits per heavy atom. The summed E-state index contributed by atoms with van der Waals surface area (Å²) in [7, 11) is 0. The van der Waals surface area contributed by atoms with Crippen molar-refractivity contribution in [2.24, 2.45) is 5.41 Å². The minimum atomic E-state index is -0.304. The standard InChI is InChI=1S/C20H31NO2S/c1-4-23-19(22)20(11-10-18-8-6-5-7-9-18)12-14-21(15-13-20)17(2)16-24-3/h5-9,17H,4,10-16H2,1-3H3/t17-/m0/s1. The second-order valence-electron chi connectivity index (χ2n) is 6.83. The van der Waals surface area contributed by atoms with E-state index in [0.29, 0.717) is 12.6 Å². The lowest BCUT2D eigenvalue weighted by molar-refractivity contribution is -0.159. The molecule has 1 aliphatic heterocycles. The van der Waals surface area contributed by atoms with E-state index >= 15 is 0 Å². The van der Waals surface area contributed by atoms with Gasteiger partial charge in [-0.2, -0.15) is 11.8 Å². The maximum Gasteiger partial charge on any atom is 0.312 e. The number of esters is 1. The largest absolute Gasteiger partial charge is 0.466 e. The van der Waals surface area contributed by atoms with Crippen LogP contribution in [0.15, 0.2) is 30.3 Å². The highest BCUT2D eigenvalue weighted by Gasteiger charge is 2.42. The number of rotatable bonds is 8. The molecule has 134 valence electrons. The van der Waals surface area contributed by atoms with Crippen molar-refractivity contribution in [2.75, 3.05) is 31.7 Å². The molecule has 0 bridgehead atoms. The Morgan fingerprint density at radius 1 is 1.29 bits per heavy atom. The molecule has 1 aromatic rings. The van der Waals surface area contributed by atoms with Gasteiger partial charge in [0, 0.05) is 11.8 Å². The van der Waals surface area contributed by atoms with E-state index in [-0.39, 0.29) is 11.4 Å². The van der Waals surface area contributed by atoms with E-state index in [4.69, 9.17) is 4.74 Å². The molecular formula is C20H31NO2S. The van der Waals surface area contributed by atoms with Crippen molar-refractivity contribution in [3.8, 4) is 0 Å². The Morgan fingerprint density at radius 2 is 1.96 bits per heavy atom. The SMILES string of the molecule is CCOC(=O)C1(CCc2ccccc2)CCN([C@@H](C)CSC)CC1. The third kappa shape index (κ3) is 5.00. The first-order valence-corrected chi connectivity index (χ1v) is 10.4. The molecule has 0 amide bonds. The van der Waals surface area contributed by atoms with Gasteiger partial charge in [0.1, 0.15) is 0 Å². The predicted octanol–water partition coefficient (Wildman–Crippen LogP) is 4.02. The monoisotopic (exact) mass is 349 g/mol. The Labute approximate surface area is 151 Å². The van der Waals surface area contributed by atoms with Crippen molar-refractivity contribution in [3.63, 3.8) is 0 Å². The number of carbonyl (C=O) groups is 1. The summed E-state index contributed by atoms with van der Waals surface area (Å²) >= 11 is 1.89. The molecule has 0 radical (unpaired) electrons. The van der Waals surface area contributed by atoms with Crippen LogP contribution in [0.1, 0.15) is 38.7 Å². The molecule has 3 nitrogen and oxygen atoms in total. The fourth-order valence-electron chi connectivity index (χ4n) is 3.61. The highest BCUT2D eigenvalue weighted by Crippen LogP contribution is 2.38. The molecule has 4 heteroatoms. The average Bonchev–Trinajstić information content (AvgIpc) is 2.61. The molecular weight excluding hydrogens is 318 g/mol. The summed E-state index contributed by atoms with van der Waals surface area (Å²) < 4.78 is 5.45. The minimum absolute atomic E-state index is 0.0121. The van der Waals surface area contributed by atoms with Crippen LogP contribution in [-0.4, -0.2) is 48.6 Å². The molecule has 0 N–H and O–H groups in total. The number of hydrogen-bond donors (Lipinski definition) is 0. The topological polar surface area (TPSA) is 29.5 Å². The lowest BCUT2D eigenvalue weighted by Crippen LogP contribution is -2.48. The van der Waals surface area contributed by atoms with Gasteiger partial charge in [-0.3, -0.25) is 9.69 Å². The highest BCUT2D eigenvalue weighted by molar-refractivity contribution is 7.98. The van der Waals surface area contributed by atoms with Crippen molar-refractivity contribution < 1.29 is 9.53 Å². The molecule has 1 heterocycles. The highest BCUT2D eigenvalue weighted by atomic mass is 32.2. The van der Waals surface area contributed by atoms with Crippen LogP contribution in [-0.2, 0) is 16.0 Å². The zero-order chi connectivity index (χ0) is 17.4. The summed E-state index contributed by atoms with van der Waals surface area (Å²) in [5, 5.41) is 0. The number of ether oxygens (including phenoxy) is 1. The van der Waals surface area contributed by atoms with Gasteiger partial charge in [-0.25, -0.2) is 0 Å². The fourth-order valence-corrected chi connectivity index (χ4v) is 4.30. The summed E-state index contributed by atoms with van der Waals surface area (Å²) in [5.74, 6) is 1.16. The van der Waals surface area contributed by atoms with Crippen molar-refractivity contribution in [2.45, 2.75) is 45.6 Å². The summed E-state index contributed by atoms with van der Waals surface area (Å²) in [5.41, 5.74) is 1.00. The summed E-state index contributed by atoms with van der Waals surface area (Å²) in [6, 6.07) is 11.0. The smallest absolute Gasteiger partial charge is 0.312 e. The van der Waals surface area contributed by atoms with E-state index in [1.807, 2.05) is 24.8 Å². The van der Waals surface area contributed by atoms with Crippen molar-refractivity contribution in [3.05, 3.63) is 35.9 Å². The van der Waals surface area contributed by atoms with E-state index in [1.54, 1.807) is 0 Å². The quantitative estimate of drug-likeness (QED) is 0.663. The Kier molecular flexibility index (Phi) is 7.63. The van der Waals surface area contributed by atoms with Gasteiger partial charge in [-0.1, -0.05) is 30.3 Å². The van der Waals surface area contributed by atoms with Crippen LogP contribution < -0.4 is 0 Å². The van der Waals surface area contributed by atoms with Crippen molar-refractivity contribution in [1.82, 2.24) is 4.90 Å². The molecule has 1 atom stereocenters. The lowest BCUT2D eigenvalue weighted by atomic mass is 9.74. The lowest BCUT2D eigenvalue weighted by Gasteiger charge is -2.42. The molecule has 1 saturated heterocycles. The van der Waals surface area contributed by atoms with Gasteiger partial charge in [-0.15, -0.1) is 0 Å². The van der Waals surface area contributed by atoms with Gasteiger partial charge >= 0.3 is 5.97 Å². The Hall–Kier alpha value is -1.00. The van der Waals surface area contributed by atoms with Crippen LogP contribution in [0.3, 0.4) is 0 Å². The fraction of sp³-hybridized carbons (Fsp3) is 0.650. The van der Waals surface area contributed by atoms with Gasteiger partial charge in [0.25, 0.3) is 0 Å². The van der Waals surface area contributed by atoms with Crippen LogP contribution in [0.25, 0.3) is 0 Å². The first-order chi connectivity index (χ1) is 11.6. The first kappa shape index (κ1) is 19.3. The molecule has 0 aliphatic carbocycles. The Bertz CT molecular complexity index is 498. The van der Waals surface area contributed by atoms with E-state index in [1.165, 1.54) is 5.56 Å². The van der Waals surface area contributed by atoms with Crippen LogP contribution in [0.2, 0.25) is 0 Å². The van der Waals surface area contributed by atoms with Crippen LogP contribution in [0.5, 0.6) is 0 Å². The molecule has 24 heavy (non-hydrogen) atoms. The van der Waals surface area contributed by atoms with E-state index in [9.17, 15) is 4.79 Å². The maximum absolute atomic E-state index is 12.7. The number of thioether (sulfide) groups is 1. The molecule has 2 rings (SSSR count). The van der Waals surface area contributed by atoms with Gasteiger partial charge in [-0.05, 0) is 64.4 Å². The predicted molar refractivity (Wildman–Crippen MR) is 102 cm³/mol. The number of benzene rings is 1.